The quantitative estimate of drug-likeness (QED) is 0.509. The molecule has 2 saturated heterocycles. The van der Waals surface area contributed by atoms with Gasteiger partial charge in [-0.15, -0.1) is 0 Å². The van der Waals surface area contributed by atoms with E-state index in [9.17, 15) is 4.39 Å². The van der Waals surface area contributed by atoms with Crippen molar-refractivity contribution in [2.45, 2.75) is 44.1 Å². The summed E-state index contributed by atoms with van der Waals surface area (Å²) in [6, 6.07) is 20.4. The fraction of sp³-hybridized carbons (Fsp3) is 0.370. The Hall–Kier alpha value is -2.96. The van der Waals surface area contributed by atoms with Gasteiger partial charge in [-0.2, -0.15) is 0 Å². The number of benzene rings is 2. The Labute approximate surface area is 194 Å². The first-order valence-corrected chi connectivity index (χ1v) is 11.6. The number of halogens is 1. The summed E-state index contributed by atoms with van der Waals surface area (Å²) in [5.74, 6) is 1.32. The highest BCUT2D eigenvalue weighted by Gasteiger charge is 2.43. The zero-order chi connectivity index (χ0) is 22.5. The van der Waals surface area contributed by atoms with Gasteiger partial charge in [-0.25, -0.2) is 4.39 Å². The van der Waals surface area contributed by atoms with Crippen LogP contribution >= 0.6 is 0 Å². The highest BCUT2D eigenvalue weighted by molar-refractivity contribution is 5.29. The van der Waals surface area contributed by atoms with Crippen molar-refractivity contribution in [3.05, 3.63) is 90.0 Å². The van der Waals surface area contributed by atoms with Gasteiger partial charge in [0.15, 0.2) is 0 Å². The molecule has 0 aliphatic carbocycles. The molecule has 2 aliphatic rings. The maximum absolute atomic E-state index is 13.1. The van der Waals surface area contributed by atoms with Gasteiger partial charge in [0.25, 0.3) is 0 Å². The first-order valence-electron chi connectivity index (χ1n) is 11.6. The van der Waals surface area contributed by atoms with Gasteiger partial charge in [0, 0.05) is 32.3 Å². The van der Waals surface area contributed by atoms with Crippen molar-refractivity contribution in [3.63, 3.8) is 0 Å². The van der Waals surface area contributed by atoms with E-state index in [1.165, 1.54) is 17.7 Å². The smallest absolute Gasteiger partial charge is 0.130 e. The van der Waals surface area contributed by atoms with Crippen molar-refractivity contribution < 1.29 is 18.6 Å². The van der Waals surface area contributed by atoms with Crippen LogP contribution in [0.3, 0.4) is 0 Å². The minimum atomic E-state index is -0.251. The molecule has 2 aromatic carbocycles. The van der Waals surface area contributed by atoms with Crippen LogP contribution in [0.2, 0.25) is 0 Å². The van der Waals surface area contributed by atoms with Crippen LogP contribution in [0.25, 0.3) is 0 Å². The standard InChI is InChI=1S/C27H29FN2O3/c28-22-7-9-24(10-8-22)33-26-17-27(32-20-26)11-14-30(15-12-27)18-21-4-3-6-25(16-21)31-19-23-5-1-2-13-29-23/h1-10,13,16,26H,11-12,14-15,17-20H2/t26-/m1/s1. The Morgan fingerprint density at radius 2 is 1.85 bits per heavy atom. The molecule has 172 valence electrons. The highest BCUT2D eigenvalue weighted by atomic mass is 19.1. The predicted octanol–water partition coefficient (Wildman–Crippen LogP) is 5.00. The maximum atomic E-state index is 13.1. The van der Waals surface area contributed by atoms with Crippen molar-refractivity contribution in [2.75, 3.05) is 19.7 Å². The van der Waals surface area contributed by atoms with E-state index >= 15 is 0 Å². The molecule has 2 fully saturated rings. The molecule has 5 rings (SSSR count). The lowest BCUT2D eigenvalue weighted by Crippen LogP contribution is -2.44. The molecule has 0 N–H and O–H groups in total. The van der Waals surface area contributed by atoms with Crippen molar-refractivity contribution in [2.24, 2.45) is 0 Å². The van der Waals surface area contributed by atoms with Crippen LogP contribution in [0.1, 0.15) is 30.5 Å². The van der Waals surface area contributed by atoms with Gasteiger partial charge in [0.2, 0.25) is 0 Å². The van der Waals surface area contributed by atoms with E-state index < -0.39 is 0 Å². The molecule has 1 aromatic heterocycles. The molecule has 1 atom stereocenters. The highest BCUT2D eigenvalue weighted by Crippen LogP contribution is 2.37. The average molecular weight is 449 g/mol. The fourth-order valence-corrected chi connectivity index (χ4v) is 4.68. The van der Waals surface area contributed by atoms with E-state index in [2.05, 4.69) is 22.0 Å². The average Bonchev–Trinajstić information content (AvgIpc) is 3.24. The van der Waals surface area contributed by atoms with E-state index in [0.717, 1.165) is 50.3 Å². The molecule has 5 nitrogen and oxygen atoms in total. The Morgan fingerprint density at radius 3 is 2.64 bits per heavy atom. The zero-order valence-electron chi connectivity index (χ0n) is 18.7. The van der Waals surface area contributed by atoms with Crippen LogP contribution in [0, 0.1) is 5.82 Å². The van der Waals surface area contributed by atoms with Crippen LogP contribution in [-0.2, 0) is 17.9 Å². The summed E-state index contributed by atoms with van der Waals surface area (Å²) in [7, 11) is 0. The lowest BCUT2D eigenvalue weighted by molar-refractivity contribution is -0.0454. The van der Waals surface area contributed by atoms with Crippen LogP contribution in [-0.4, -0.2) is 41.3 Å². The molecule has 6 heteroatoms. The number of ether oxygens (including phenoxy) is 3. The molecule has 1 spiro atoms. The first-order chi connectivity index (χ1) is 16.2. The third-order valence-electron chi connectivity index (χ3n) is 6.48. The lowest BCUT2D eigenvalue weighted by Gasteiger charge is -2.38. The van der Waals surface area contributed by atoms with Gasteiger partial charge in [-0.1, -0.05) is 18.2 Å². The second-order valence-electron chi connectivity index (χ2n) is 8.93. The summed E-state index contributed by atoms with van der Waals surface area (Å²) in [4.78, 5) is 6.78. The minimum absolute atomic E-state index is 0.0231. The molecule has 3 heterocycles. The maximum Gasteiger partial charge on any atom is 0.130 e. The van der Waals surface area contributed by atoms with Crippen LogP contribution in [0.15, 0.2) is 72.9 Å². The Bertz CT molecular complexity index is 1040. The molecule has 2 aliphatic heterocycles. The van der Waals surface area contributed by atoms with Gasteiger partial charge in [-0.3, -0.25) is 9.88 Å². The monoisotopic (exact) mass is 448 g/mol. The second kappa shape index (κ2) is 9.89. The van der Waals surface area contributed by atoms with Crippen molar-refractivity contribution >= 4 is 0 Å². The normalized spacial score (nSPS) is 20.1. The molecule has 3 aromatic rings. The lowest BCUT2D eigenvalue weighted by atomic mass is 9.88. The number of hydrogen-bond donors (Lipinski definition) is 0. The summed E-state index contributed by atoms with van der Waals surface area (Å²) in [6.07, 6.45) is 4.67. The van der Waals surface area contributed by atoms with Crippen molar-refractivity contribution in [1.82, 2.24) is 9.88 Å². The number of aromatic nitrogens is 1. The van der Waals surface area contributed by atoms with E-state index in [4.69, 9.17) is 14.2 Å². The minimum Gasteiger partial charge on any atom is -0.488 e. The van der Waals surface area contributed by atoms with Crippen molar-refractivity contribution in [1.29, 1.82) is 0 Å². The zero-order valence-corrected chi connectivity index (χ0v) is 18.7. The molecule has 0 radical (unpaired) electrons. The van der Waals surface area contributed by atoms with Gasteiger partial charge in [0.05, 0.1) is 17.9 Å². The largest absolute Gasteiger partial charge is 0.488 e. The Balaban J connectivity index is 1.10. The first kappa shape index (κ1) is 21.9. The van der Waals surface area contributed by atoms with Crippen LogP contribution in [0.4, 0.5) is 4.39 Å². The molecular formula is C27H29FN2O3. The SMILES string of the molecule is Fc1ccc(O[C@H]2COC3(CCN(Cc4cccc(OCc5ccccn5)c4)CC3)C2)cc1. The van der Waals surface area contributed by atoms with Crippen LogP contribution in [0.5, 0.6) is 11.5 Å². The topological polar surface area (TPSA) is 43.8 Å². The van der Waals surface area contributed by atoms with E-state index in [-0.39, 0.29) is 17.5 Å². The summed E-state index contributed by atoms with van der Waals surface area (Å²) < 4.78 is 31.3. The van der Waals surface area contributed by atoms with E-state index in [1.807, 2.05) is 30.3 Å². The molecule has 0 unspecified atom stereocenters. The molecule has 33 heavy (non-hydrogen) atoms. The number of pyridine rings is 1. The van der Waals surface area contributed by atoms with Gasteiger partial charge in [-0.05, 0) is 66.9 Å². The van der Waals surface area contributed by atoms with Crippen LogP contribution < -0.4 is 9.47 Å². The summed E-state index contributed by atoms with van der Waals surface area (Å²) >= 11 is 0. The Kier molecular flexibility index (Phi) is 6.55. The summed E-state index contributed by atoms with van der Waals surface area (Å²) in [6.45, 7) is 3.93. The molecule has 0 bridgehead atoms. The number of nitrogens with zero attached hydrogens (tertiary/aromatic N) is 2. The molecule has 0 amide bonds. The van der Waals surface area contributed by atoms with E-state index in [1.54, 1.807) is 18.3 Å². The number of piperidine rings is 1. The number of likely N-dealkylation sites (tertiary alicyclic amines) is 1. The second-order valence-corrected chi connectivity index (χ2v) is 8.93. The fourth-order valence-electron chi connectivity index (χ4n) is 4.68. The summed E-state index contributed by atoms with van der Waals surface area (Å²) in [5.41, 5.74) is 2.06. The Morgan fingerprint density at radius 1 is 1.00 bits per heavy atom. The molecule has 0 saturated carbocycles. The van der Waals surface area contributed by atoms with Gasteiger partial charge >= 0.3 is 0 Å². The van der Waals surface area contributed by atoms with Gasteiger partial charge in [0.1, 0.15) is 30.0 Å². The third-order valence-corrected chi connectivity index (χ3v) is 6.48. The molecular weight excluding hydrogens is 419 g/mol. The van der Waals surface area contributed by atoms with Crippen molar-refractivity contribution in [3.8, 4) is 11.5 Å². The summed E-state index contributed by atoms with van der Waals surface area (Å²) in [5, 5.41) is 0. The predicted molar refractivity (Wildman–Crippen MR) is 124 cm³/mol. The number of hydrogen-bond acceptors (Lipinski definition) is 5. The van der Waals surface area contributed by atoms with Gasteiger partial charge < -0.3 is 14.2 Å². The number of rotatable bonds is 7. The third kappa shape index (κ3) is 5.70. The van der Waals surface area contributed by atoms with E-state index in [0.29, 0.717) is 19.0 Å².